The molecule has 62 valence electrons. The molecule has 11 heavy (non-hydrogen) atoms. The van der Waals surface area contributed by atoms with E-state index < -0.39 is 0 Å². The fourth-order valence-corrected chi connectivity index (χ4v) is 0.673. The molecule has 0 aromatic heterocycles. The highest BCUT2D eigenvalue weighted by atomic mass is 16.3. The number of rotatable bonds is 5. The van der Waals surface area contributed by atoms with Crippen molar-refractivity contribution >= 4 is 0 Å². The normalized spacial score (nSPS) is 12.0. The van der Waals surface area contributed by atoms with E-state index in [4.69, 9.17) is 5.73 Å². The summed E-state index contributed by atoms with van der Waals surface area (Å²) in [5.74, 6) is 0.254. The first-order valence-electron chi connectivity index (χ1n) is 3.60. The number of nitrogens with two attached hydrogens (primary N) is 1. The highest BCUT2D eigenvalue weighted by Gasteiger charge is 1.97. The van der Waals surface area contributed by atoms with Crippen LogP contribution >= 0.6 is 0 Å². The van der Waals surface area contributed by atoms with Gasteiger partial charge in [-0.3, -0.25) is 0 Å². The number of aliphatic hydroxyl groups is 1. The first-order valence-corrected chi connectivity index (χ1v) is 3.60. The van der Waals surface area contributed by atoms with Crippen molar-refractivity contribution in [2.45, 2.75) is 19.3 Å². The lowest BCUT2D eigenvalue weighted by atomic mass is 10.2. The maximum Gasteiger partial charge on any atom is 0.111 e. The molecule has 0 aromatic carbocycles. The molecule has 0 amide bonds. The zero-order valence-electron chi connectivity index (χ0n) is 6.71. The molecule has 0 aromatic rings. The van der Waals surface area contributed by atoms with Gasteiger partial charge in [0.1, 0.15) is 5.76 Å². The van der Waals surface area contributed by atoms with E-state index in [1.807, 2.05) is 0 Å². The molecule has 0 heterocycles. The molecular weight excluding hydrogens is 138 g/mol. The van der Waals surface area contributed by atoms with E-state index in [9.17, 15) is 5.11 Å². The third-order valence-electron chi connectivity index (χ3n) is 1.32. The molecule has 0 atom stereocenters. The predicted molar refractivity (Wildman–Crippen MR) is 48.1 cm³/mol. The van der Waals surface area contributed by atoms with Gasteiger partial charge in [-0.2, -0.15) is 0 Å². The Kier molecular flexibility index (Phi) is 4.99. The summed E-state index contributed by atoms with van der Waals surface area (Å²) in [6.07, 6.45) is 5.28. The van der Waals surface area contributed by atoms with E-state index in [2.05, 4.69) is 13.2 Å². The Balaban J connectivity index is 3.92. The SMILES string of the molecule is C=CCCC(O)=C(N)CC=C. The number of hydrogen-bond donors (Lipinski definition) is 2. The number of aliphatic hydroxyl groups excluding tert-OH is 1. The minimum Gasteiger partial charge on any atom is -0.511 e. The molecule has 0 saturated carbocycles. The lowest BCUT2D eigenvalue weighted by molar-refractivity contribution is 0.380. The summed E-state index contributed by atoms with van der Waals surface area (Å²) in [6.45, 7) is 7.06. The molecule has 0 fully saturated rings. The van der Waals surface area contributed by atoms with Crippen LogP contribution < -0.4 is 5.73 Å². The summed E-state index contributed by atoms with van der Waals surface area (Å²) in [7, 11) is 0. The molecule has 0 saturated heterocycles. The van der Waals surface area contributed by atoms with Crippen molar-refractivity contribution in [2.75, 3.05) is 0 Å². The zero-order chi connectivity index (χ0) is 8.69. The monoisotopic (exact) mass is 153 g/mol. The van der Waals surface area contributed by atoms with Gasteiger partial charge in [-0.05, 0) is 6.42 Å². The maximum atomic E-state index is 9.24. The van der Waals surface area contributed by atoms with E-state index >= 15 is 0 Å². The largest absolute Gasteiger partial charge is 0.511 e. The Hall–Kier alpha value is -1.18. The van der Waals surface area contributed by atoms with E-state index in [1.54, 1.807) is 12.2 Å². The summed E-state index contributed by atoms with van der Waals surface area (Å²) in [5, 5.41) is 9.24. The van der Waals surface area contributed by atoms with Crippen molar-refractivity contribution < 1.29 is 5.11 Å². The third-order valence-corrected chi connectivity index (χ3v) is 1.32. The van der Waals surface area contributed by atoms with Gasteiger partial charge in [0.05, 0.1) is 0 Å². The Bertz CT molecular complexity index is 170. The highest BCUT2D eigenvalue weighted by Crippen LogP contribution is 2.07. The van der Waals surface area contributed by atoms with Gasteiger partial charge in [0.25, 0.3) is 0 Å². The second kappa shape index (κ2) is 5.59. The predicted octanol–water partition coefficient (Wildman–Crippen LogP) is 2.26. The smallest absolute Gasteiger partial charge is 0.111 e. The number of hydrogen-bond acceptors (Lipinski definition) is 2. The third kappa shape index (κ3) is 4.25. The molecule has 0 spiro atoms. The second-order valence-corrected chi connectivity index (χ2v) is 2.29. The van der Waals surface area contributed by atoms with Crippen LogP contribution in [0.15, 0.2) is 36.8 Å². The van der Waals surface area contributed by atoms with Crippen molar-refractivity contribution in [1.82, 2.24) is 0 Å². The van der Waals surface area contributed by atoms with E-state index in [-0.39, 0.29) is 5.76 Å². The minimum atomic E-state index is 0.254. The van der Waals surface area contributed by atoms with Gasteiger partial charge in [-0.25, -0.2) is 0 Å². The Labute approximate surface area is 67.7 Å². The molecular formula is C9H15NO. The van der Waals surface area contributed by atoms with Crippen molar-refractivity contribution in [3.63, 3.8) is 0 Å². The van der Waals surface area contributed by atoms with Crippen LogP contribution in [0.5, 0.6) is 0 Å². The van der Waals surface area contributed by atoms with Gasteiger partial charge < -0.3 is 10.8 Å². The molecule has 0 aliphatic heterocycles. The average Bonchev–Trinajstić information content (AvgIpc) is 2.00. The topological polar surface area (TPSA) is 46.2 Å². The summed E-state index contributed by atoms with van der Waals surface area (Å²) in [6, 6.07) is 0. The van der Waals surface area contributed by atoms with Gasteiger partial charge in [0.15, 0.2) is 0 Å². The van der Waals surface area contributed by atoms with Crippen LogP contribution in [0.3, 0.4) is 0 Å². The summed E-state index contributed by atoms with van der Waals surface area (Å²) >= 11 is 0. The highest BCUT2D eigenvalue weighted by molar-refractivity contribution is 5.07. The fraction of sp³-hybridized carbons (Fsp3) is 0.333. The van der Waals surface area contributed by atoms with Crippen LogP contribution in [0.1, 0.15) is 19.3 Å². The van der Waals surface area contributed by atoms with Gasteiger partial charge in [-0.15, -0.1) is 13.2 Å². The van der Waals surface area contributed by atoms with Crippen molar-refractivity contribution in [3.8, 4) is 0 Å². The maximum absolute atomic E-state index is 9.24. The fourth-order valence-electron chi connectivity index (χ4n) is 0.673. The van der Waals surface area contributed by atoms with Crippen LogP contribution in [0.4, 0.5) is 0 Å². The van der Waals surface area contributed by atoms with Crippen LogP contribution in [0, 0.1) is 0 Å². The van der Waals surface area contributed by atoms with E-state index in [1.165, 1.54) is 0 Å². The average molecular weight is 153 g/mol. The molecule has 0 bridgehead atoms. The first-order chi connectivity index (χ1) is 5.22. The molecule has 0 aliphatic rings. The lowest BCUT2D eigenvalue weighted by Crippen LogP contribution is -2.01. The minimum absolute atomic E-state index is 0.254. The van der Waals surface area contributed by atoms with Gasteiger partial charge in [-0.1, -0.05) is 12.2 Å². The van der Waals surface area contributed by atoms with E-state index in [0.29, 0.717) is 18.5 Å². The molecule has 3 N–H and O–H groups in total. The Morgan fingerprint density at radius 1 is 1.36 bits per heavy atom. The lowest BCUT2D eigenvalue weighted by Gasteiger charge is -2.01. The molecule has 0 radical (unpaired) electrons. The quantitative estimate of drug-likeness (QED) is 0.470. The molecule has 0 aliphatic carbocycles. The van der Waals surface area contributed by atoms with Crippen molar-refractivity contribution in [1.29, 1.82) is 0 Å². The summed E-state index contributed by atoms with van der Waals surface area (Å²) in [5.41, 5.74) is 5.99. The van der Waals surface area contributed by atoms with Gasteiger partial charge in [0.2, 0.25) is 0 Å². The van der Waals surface area contributed by atoms with Crippen LogP contribution in [0.25, 0.3) is 0 Å². The number of allylic oxidation sites excluding steroid dienone is 3. The standard InChI is InChI=1S/C9H15NO/c1-3-5-7-9(11)8(10)6-4-2/h3-4,11H,1-2,5-7,10H2. The zero-order valence-corrected chi connectivity index (χ0v) is 6.71. The molecule has 0 rings (SSSR count). The second-order valence-electron chi connectivity index (χ2n) is 2.29. The van der Waals surface area contributed by atoms with Crippen molar-refractivity contribution in [3.05, 3.63) is 36.8 Å². The van der Waals surface area contributed by atoms with Crippen LogP contribution in [-0.2, 0) is 0 Å². The summed E-state index contributed by atoms with van der Waals surface area (Å²) in [4.78, 5) is 0. The Morgan fingerprint density at radius 3 is 2.45 bits per heavy atom. The van der Waals surface area contributed by atoms with E-state index in [0.717, 1.165) is 6.42 Å². The molecule has 2 nitrogen and oxygen atoms in total. The van der Waals surface area contributed by atoms with Crippen molar-refractivity contribution in [2.24, 2.45) is 5.73 Å². The first kappa shape index (κ1) is 9.82. The van der Waals surface area contributed by atoms with Gasteiger partial charge >= 0.3 is 0 Å². The van der Waals surface area contributed by atoms with Crippen LogP contribution in [0.2, 0.25) is 0 Å². The van der Waals surface area contributed by atoms with Gasteiger partial charge in [0, 0.05) is 18.5 Å². The summed E-state index contributed by atoms with van der Waals surface area (Å²) < 4.78 is 0. The Morgan fingerprint density at radius 2 is 2.00 bits per heavy atom. The molecule has 0 unspecified atom stereocenters. The van der Waals surface area contributed by atoms with Crippen LogP contribution in [-0.4, -0.2) is 5.11 Å². The molecule has 2 heteroatoms.